The third-order valence-electron chi connectivity index (χ3n) is 7.89. The van der Waals surface area contributed by atoms with Gasteiger partial charge in [0.15, 0.2) is 5.03 Å². The van der Waals surface area contributed by atoms with E-state index in [4.69, 9.17) is 4.74 Å². The van der Waals surface area contributed by atoms with E-state index in [1.54, 1.807) is 6.20 Å². The summed E-state index contributed by atoms with van der Waals surface area (Å²) in [5.41, 5.74) is 5.24. The molecular formula is C28H29F2N5O4S. The Hall–Kier alpha value is -3.80. The summed E-state index contributed by atoms with van der Waals surface area (Å²) in [5.74, 6) is 0.513. The smallest absolute Gasteiger partial charge is 0.333 e. The highest BCUT2D eigenvalue weighted by Crippen LogP contribution is 2.41. The molecule has 2 N–H and O–H groups in total. The van der Waals surface area contributed by atoms with Crippen molar-refractivity contribution in [3.05, 3.63) is 65.0 Å². The standard InChI is InChI=1S/C28H29F2N5O4S/c1-16-12-17-4-2-7-22(17)26(25(16)18-8-10-31-23(15-18)39-21-5-3-6-21)32-28(36)34-40(37,38)24-9-11-35(33-24)20-13-19(14-20)27(29)30/h8-12,15,20-21H,2-7,13-14H2,1H3,(H2,32,34,36). The number of fused-ring (bicyclic) bond motifs is 1. The lowest BCUT2D eigenvalue weighted by Gasteiger charge is -2.28. The fourth-order valence-electron chi connectivity index (χ4n) is 5.52. The number of rotatable bonds is 7. The van der Waals surface area contributed by atoms with E-state index in [1.165, 1.54) is 16.9 Å². The molecule has 2 amide bonds. The molecule has 2 saturated carbocycles. The highest BCUT2D eigenvalue weighted by Gasteiger charge is 2.31. The van der Waals surface area contributed by atoms with E-state index in [-0.39, 0.29) is 35.6 Å². The number of allylic oxidation sites excluding steroid dienone is 1. The SMILES string of the molecule is Cc1cc2c(c(NC(=O)NS(=O)(=O)c3ccn(C4CC(=C(F)F)C4)n3)c1-c1ccnc(OC3CCC3)c1)CCC2. The number of urea groups is 1. The largest absolute Gasteiger partial charge is 0.474 e. The van der Waals surface area contributed by atoms with Crippen LogP contribution in [0, 0.1) is 6.92 Å². The second-order valence-electron chi connectivity index (χ2n) is 10.6. The van der Waals surface area contributed by atoms with Gasteiger partial charge < -0.3 is 10.1 Å². The summed E-state index contributed by atoms with van der Waals surface area (Å²) >= 11 is 0. The molecule has 3 aromatic rings. The lowest BCUT2D eigenvalue weighted by Crippen LogP contribution is -2.35. The van der Waals surface area contributed by atoms with E-state index < -0.39 is 22.1 Å². The molecule has 0 unspecified atom stereocenters. The van der Waals surface area contributed by atoms with Crippen molar-refractivity contribution in [1.29, 1.82) is 0 Å². The van der Waals surface area contributed by atoms with E-state index in [0.717, 1.165) is 66.3 Å². The van der Waals surface area contributed by atoms with Crippen molar-refractivity contribution < 1.29 is 26.7 Å². The van der Waals surface area contributed by atoms with Gasteiger partial charge in [0, 0.05) is 24.0 Å². The number of aromatic nitrogens is 3. The number of benzene rings is 1. The Morgan fingerprint density at radius 2 is 1.93 bits per heavy atom. The number of halogens is 2. The van der Waals surface area contributed by atoms with E-state index in [0.29, 0.717) is 11.6 Å². The van der Waals surface area contributed by atoms with Gasteiger partial charge in [-0.2, -0.15) is 22.3 Å². The Balaban J connectivity index is 1.24. The third kappa shape index (κ3) is 5.07. The maximum Gasteiger partial charge on any atom is 0.333 e. The minimum Gasteiger partial charge on any atom is -0.474 e. The molecule has 3 aliphatic rings. The lowest BCUT2D eigenvalue weighted by atomic mass is 9.87. The number of sulfonamides is 1. The summed E-state index contributed by atoms with van der Waals surface area (Å²) < 4.78 is 60.8. The summed E-state index contributed by atoms with van der Waals surface area (Å²) in [6, 6.07) is 5.81. The van der Waals surface area contributed by atoms with Gasteiger partial charge in [-0.25, -0.2) is 14.5 Å². The van der Waals surface area contributed by atoms with Gasteiger partial charge in [-0.05, 0) is 98.2 Å². The fourth-order valence-corrected chi connectivity index (χ4v) is 6.36. The molecule has 0 bridgehead atoms. The lowest BCUT2D eigenvalue weighted by molar-refractivity contribution is 0.115. The topological polar surface area (TPSA) is 115 Å². The predicted octanol–water partition coefficient (Wildman–Crippen LogP) is 5.67. The van der Waals surface area contributed by atoms with Gasteiger partial charge in [0.2, 0.25) is 5.88 Å². The number of pyridine rings is 1. The number of amides is 2. The van der Waals surface area contributed by atoms with Crippen LogP contribution in [0.2, 0.25) is 0 Å². The van der Waals surface area contributed by atoms with Crippen molar-refractivity contribution in [3.8, 4) is 17.0 Å². The molecule has 2 fully saturated rings. The van der Waals surface area contributed by atoms with Crippen LogP contribution in [-0.4, -0.2) is 35.3 Å². The highest BCUT2D eigenvalue weighted by molar-refractivity contribution is 7.90. The fraction of sp³-hybridized carbons (Fsp3) is 0.393. The number of anilines is 1. The number of hydrogen-bond donors (Lipinski definition) is 2. The average Bonchev–Trinajstić information content (AvgIpc) is 3.51. The zero-order valence-electron chi connectivity index (χ0n) is 21.9. The minimum atomic E-state index is -4.31. The predicted molar refractivity (Wildman–Crippen MR) is 144 cm³/mol. The van der Waals surface area contributed by atoms with Crippen LogP contribution in [0.1, 0.15) is 61.3 Å². The molecule has 0 radical (unpaired) electrons. The van der Waals surface area contributed by atoms with E-state index in [1.807, 2.05) is 19.1 Å². The van der Waals surface area contributed by atoms with E-state index in [9.17, 15) is 22.0 Å². The molecule has 0 spiro atoms. The van der Waals surface area contributed by atoms with Gasteiger partial charge in [0.05, 0.1) is 11.7 Å². The molecule has 1 aromatic carbocycles. The van der Waals surface area contributed by atoms with Crippen LogP contribution < -0.4 is 14.8 Å². The maximum atomic E-state index is 13.1. The maximum absolute atomic E-state index is 13.1. The number of nitrogens with one attached hydrogen (secondary N) is 2. The Morgan fingerprint density at radius 1 is 1.12 bits per heavy atom. The first-order valence-corrected chi connectivity index (χ1v) is 14.9. The number of carbonyl (C=O) groups excluding carboxylic acids is 1. The zero-order valence-corrected chi connectivity index (χ0v) is 22.7. The van der Waals surface area contributed by atoms with Crippen LogP contribution in [0.4, 0.5) is 19.3 Å². The van der Waals surface area contributed by atoms with Crippen molar-refractivity contribution in [2.75, 3.05) is 5.32 Å². The number of hydrogen-bond acceptors (Lipinski definition) is 6. The first-order chi connectivity index (χ1) is 19.2. The first-order valence-electron chi connectivity index (χ1n) is 13.4. The molecule has 0 saturated heterocycles. The molecule has 12 heteroatoms. The van der Waals surface area contributed by atoms with Crippen molar-refractivity contribution in [2.45, 2.75) is 75.5 Å². The molecular weight excluding hydrogens is 540 g/mol. The minimum absolute atomic E-state index is 0.0415. The monoisotopic (exact) mass is 569 g/mol. The quantitative estimate of drug-likeness (QED) is 0.379. The molecule has 9 nitrogen and oxygen atoms in total. The molecule has 0 aliphatic heterocycles. The van der Waals surface area contributed by atoms with Crippen LogP contribution in [0.25, 0.3) is 11.1 Å². The normalized spacial score (nSPS) is 18.5. The van der Waals surface area contributed by atoms with Gasteiger partial charge in [-0.15, -0.1) is 0 Å². The Morgan fingerprint density at radius 3 is 2.65 bits per heavy atom. The summed E-state index contributed by atoms with van der Waals surface area (Å²) in [5, 5.41) is 6.49. The molecule has 210 valence electrons. The van der Waals surface area contributed by atoms with Gasteiger partial charge in [-0.3, -0.25) is 4.68 Å². The number of ether oxygens (including phenoxy) is 1. The van der Waals surface area contributed by atoms with Crippen molar-refractivity contribution in [2.24, 2.45) is 0 Å². The van der Waals surface area contributed by atoms with Gasteiger partial charge in [0.25, 0.3) is 16.1 Å². The summed E-state index contributed by atoms with van der Waals surface area (Å²) in [6.45, 7) is 1.96. The molecule has 0 atom stereocenters. The number of carbonyl (C=O) groups is 1. The zero-order chi connectivity index (χ0) is 28.0. The van der Waals surface area contributed by atoms with Gasteiger partial charge in [0.1, 0.15) is 6.10 Å². The molecule has 6 rings (SSSR count). The van der Waals surface area contributed by atoms with Crippen LogP contribution in [0.5, 0.6) is 5.88 Å². The Kier molecular flexibility index (Phi) is 6.81. The molecule has 2 aromatic heterocycles. The second-order valence-corrected chi connectivity index (χ2v) is 12.2. The molecule has 40 heavy (non-hydrogen) atoms. The second kappa shape index (κ2) is 10.3. The third-order valence-corrected chi connectivity index (χ3v) is 9.11. The Labute approximate surface area is 230 Å². The van der Waals surface area contributed by atoms with Gasteiger partial charge >= 0.3 is 6.03 Å². The van der Waals surface area contributed by atoms with Crippen molar-refractivity contribution in [3.63, 3.8) is 0 Å². The molecule has 2 heterocycles. The Bertz CT molecular complexity index is 1620. The first kappa shape index (κ1) is 26.4. The van der Waals surface area contributed by atoms with Gasteiger partial charge in [-0.1, -0.05) is 6.07 Å². The van der Waals surface area contributed by atoms with Crippen LogP contribution in [-0.2, 0) is 22.9 Å². The summed E-state index contributed by atoms with van der Waals surface area (Å²) in [6.07, 6.45) is 7.46. The number of nitrogens with zero attached hydrogens (tertiary/aromatic N) is 3. The average molecular weight is 570 g/mol. The van der Waals surface area contributed by atoms with Crippen LogP contribution in [0.15, 0.2) is 53.3 Å². The summed E-state index contributed by atoms with van der Waals surface area (Å²) in [4.78, 5) is 17.5. The molecule has 3 aliphatic carbocycles. The van der Waals surface area contributed by atoms with Crippen molar-refractivity contribution in [1.82, 2.24) is 19.5 Å². The van der Waals surface area contributed by atoms with E-state index in [2.05, 4.69) is 26.2 Å². The number of aryl methyl sites for hydroxylation is 2. The van der Waals surface area contributed by atoms with Crippen molar-refractivity contribution >= 4 is 21.7 Å². The highest BCUT2D eigenvalue weighted by atomic mass is 32.2. The summed E-state index contributed by atoms with van der Waals surface area (Å²) in [7, 11) is -4.31. The van der Waals surface area contributed by atoms with Crippen LogP contribution >= 0.6 is 0 Å². The van der Waals surface area contributed by atoms with E-state index >= 15 is 0 Å². The van der Waals surface area contributed by atoms with Crippen LogP contribution in [0.3, 0.4) is 0 Å².